The second-order valence-corrected chi connectivity index (χ2v) is 7.81. The summed E-state index contributed by atoms with van der Waals surface area (Å²) in [6.45, 7) is 3.87. The highest BCUT2D eigenvalue weighted by atomic mass is 19.3. The van der Waals surface area contributed by atoms with Crippen molar-refractivity contribution >= 4 is 11.9 Å². The van der Waals surface area contributed by atoms with Crippen LogP contribution in [0.2, 0.25) is 0 Å². The zero-order valence-electron chi connectivity index (χ0n) is 17.4. The summed E-state index contributed by atoms with van der Waals surface area (Å²) in [6, 6.07) is -0.795. The van der Waals surface area contributed by atoms with Gasteiger partial charge >= 0.3 is 11.9 Å². The summed E-state index contributed by atoms with van der Waals surface area (Å²) >= 11 is 0. The van der Waals surface area contributed by atoms with E-state index in [-0.39, 0.29) is 12.5 Å². The van der Waals surface area contributed by atoms with Crippen molar-refractivity contribution in [3.8, 4) is 11.8 Å². The number of likely N-dealkylation sites (tertiary alicyclic amines) is 1. The number of allylic oxidation sites excluding steroid dienone is 2. The highest BCUT2D eigenvalue weighted by Crippen LogP contribution is 2.35. The first-order chi connectivity index (χ1) is 14.2. The lowest BCUT2D eigenvalue weighted by molar-refractivity contribution is -0.148. The Morgan fingerprint density at radius 2 is 2.17 bits per heavy atom. The second-order valence-electron chi connectivity index (χ2n) is 7.81. The molecule has 0 bridgehead atoms. The maximum atomic E-state index is 14.0. The third-order valence-corrected chi connectivity index (χ3v) is 5.41. The van der Waals surface area contributed by atoms with E-state index in [1.165, 1.54) is 12.2 Å². The van der Waals surface area contributed by atoms with Crippen LogP contribution in [0.15, 0.2) is 36.0 Å². The van der Waals surface area contributed by atoms with E-state index >= 15 is 0 Å². The second kappa shape index (κ2) is 10.5. The number of aliphatic hydroxyl groups excluding tert-OH is 1. The predicted octanol–water partition coefficient (Wildman–Crippen LogP) is 3.56. The SMILES string of the molecule is CCC#CC[C@@H](C)[C@H](O)/C=C/[C@H]1CC(F)(F)C(=O)N1CCC1=CCC(C(=O)O)C=C1. The minimum Gasteiger partial charge on any atom is -0.481 e. The molecule has 0 spiro atoms. The van der Waals surface area contributed by atoms with Gasteiger partial charge in [0.1, 0.15) is 0 Å². The van der Waals surface area contributed by atoms with Crippen LogP contribution in [-0.2, 0) is 9.59 Å². The highest BCUT2D eigenvalue weighted by Gasteiger charge is 2.52. The first-order valence-corrected chi connectivity index (χ1v) is 10.3. The van der Waals surface area contributed by atoms with Gasteiger partial charge in [-0.05, 0) is 18.8 Å². The van der Waals surface area contributed by atoms with Gasteiger partial charge in [-0.15, -0.1) is 11.8 Å². The Morgan fingerprint density at radius 3 is 2.77 bits per heavy atom. The van der Waals surface area contributed by atoms with Gasteiger partial charge in [-0.2, -0.15) is 8.78 Å². The van der Waals surface area contributed by atoms with Gasteiger partial charge in [-0.3, -0.25) is 9.59 Å². The molecule has 1 aliphatic heterocycles. The van der Waals surface area contributed by atoms with Crippen molar-refractivity contribution in [2.75, 3.05) is 6.54 Å². The minimum atomic E-state index is -3.43. The molecule has 164 valence electrons. The topological polar surface area (TPSA) is 77.8 Å². The largest absolute Gasteiger partial charge is 0.481 e. The van der Waals surface area contributed by atoms with E-state index in [4.69, 9.17) is 5.11 Å². The van der Waals surface area contributed by atoms with Gasteiger partial charge in [0.25, 0.3) is 5.91 Å². The van der Waals surface area contributed by atoms with Crippen LogP contribution in [0.3, 0.4) is 0 Å². The Bertz CT molecular complexity index is 791. The number of alkyl halides is 2. The number of carbonyl (C=O) groups excluding carboxylic acids is 1. The molecule has 2 rings (SSSR count). The standard InChI is InChI=1S/C23H29F2NO4/c1-3-4-5-6-16(2)20(27)12-11-19-15-23(24,25)22(30)26(19)14-13-17-7-9-18(10-8-17)21(28)29/h7-9,11-12,16,18-20,27H,3,6,10,13-15H2,1-2H3,(H,28,29)/b12-11+/t16-,18?,19+,20-/m1/s1. The fourth-order valence-corrected chi connectivity index (χ4v) is 3.45. The molecule has 0 radical (unpaired) electrons. The molecular formula is C23H29F2NO4. The van der Waals surface area contributed by atoms with Crippen LogP contribution in [0.25, 0.3) is 0 Å². The Labute approximate surface area is 176 Å². The quantitative estimate of drug-likeness (QED) is 0.464. The zero-order chi connectivity index (χ0) is 22.3. The van der Waals surface area contributed by atoms with E-state index in [9.17, 15) is 23.5 Å². The number of hydrogen-bond donors (Lipinski definition) is 2. The number of aliphatic carboxylic acids is 1. The summed E-state index contributed by atoms with van der Waals surface area (Å²) in [5.41, 5.74) is 0.821. The summed E-state index contributed by atoms with van der Waals surface area (Å²) in [5, 5.41) is 19.3. The van der Waals surface area contributed by atoms with Crippen molar-refractivity contribution in [1.29, 1.82) is 0 Å². The average Bonchev–Trinajstić information content (AvgIpc) is 2.93. The average molecular weight is 421 g/mol. The van der Waals surface area contributed by atoms with Gasteiger partial charge in [-0.1, -0.05) is 49.8 Å². The summed E-state index contributed by atoms with van der Waals surface area (Å²) in [5.74, 6) is -0.377. The first-order valence-electron chi connectivity index (χ1n) is 10.3. The molecule has 0 saturated carbocycles. The number of carboxylic acid groups (broad SMARTS) is 1. The molecule has 1 saturated heterocycles. The number of carboxylic acids is 1. The number of aliphatic hydroxyl groups is 1. The lowest BCUT2D eigenvalue weighted by Crippen LogP contribution is -2.37. The number of rotatable bonds is 8. The van der Waals surface area contributed by atoms with Gasteiger partial charge in [-0.25, -0.2) is 0 Å². The lowest BCUT2D eigenvalue weighted by atomic mass is 9.95. The van der Waals surface area contributed by atoms with Crippen molar-refractivity contribution in [2.45, 2.75) is 64.0 Å². The van der Waals surface area contributed by atoms with E-state index in [1.807, 2.05) is 13.8 Å². The van der Waals surface area contributed by atoms with Crippen LogP contribution in [0.1, 0.15) is 46.0 Å². The molecule has 0 aromatic rings. The normalized spacial score (nSPS) is 25.0. The van der Waals surface area contributed by atoms with E-state index in [0.717, 1.165) is 16.9 Å². The van der Waals surface area contributed by atoms with E-state index in [0.29, 0.717) is 19.3 Å². The van der Waals surface area contributed by atoms with E-state index in [1.54, 1.807) is 18.2 Å². The van der Waals surface area contributed by atoms with Crippen molar-refractivity contribution in [3.05, 3.63) is 36.0 Å². The molecule has 2 aliphatic rings. The van der Waals surface area contributed by atoms with Crippen LogP contribution < -0.4 is 0 Å². The van der Waals surface area contributed by atoms with Crippen LogP contribution >= 0.6 is 0 Å². The highest BCUT2D eigenvalue weighted by molar-refractivity contribution is 5.86. The zero-order valence-corrected chi connectivity index (χ0v) is 17.4. The summed E-state index contributed by atoms with van der Waals surface area (Å²) < 4.78 is 28.1. The van der Waals surface area contributed by atoms with Crippen molar-refractivity contribution < 1.29 is 28.6 Å². The molecule has 0 aromatic carbocycles. The van der Waals surface area contributed by atoms with Gasteiger partial charge < -0.3 is 15.1 Å². The van der Waals surface area contributed by atoms with Gasteiger partial charge in [0, 0.05) is 25.8 Å². The molecule has 5 nitrogen and oxygen atoms in total. The fourth-order valence-electron chi connectivity index (χ4n) is 3.45. The predicted molar refractivity (Wildman–Crippen MR) is 110 cm³/mol. The summed E-state index contributed by atoms with van der Waals surface area (Å²) in [7, 11) is 0. The molecule has 1 unspecified atom stereocenters. The van der Waals surface area contributed by atoms with E-state index < -0.39 is 42.3 Å². The number of carbonyl (C=O) groups is 2. The Balaban J connectivity index is 1.99. The maximum absolute atomic E-state index is 14.0. The Hall–Kier alpha value is -2.46. The molecule has 1 aliphatic carbocycles. The molecule has 7 heteroatoms. The van der Waals surface area contributed by atoms with Crippen molar-refractivity contribution in [3.63, 3.8) is 0 Å². The van der Waals surface area contributed by atoms with Gasteiger partial charge in [0.15, 0.2) is 0 Å². The molecule has 30 heavy (non-hydrogen) atoms. The third-order valence-electron chi connectivity index (χ3n) is 5.41. The number of nitrogens with zero attached hydrogens (tertiary/aromatic N) is 1. The number of hydrogen-bond acceptors (Lipinski definition) is 3. The molecule has 0 aromatic heterocycles. The molecule has 1 fully saturated rings. The first kappa shape index (κ1) is 23.8. The minimum absolute atomic E-state index is 0.102. The number of halogens is 2. The fraction of sp³-hybridized carbons (Fsp3) is 0.565. The molecule has 1 heterocycles. The number of amides is 1. The smallest absolute Gasteiger partial charge is 0.327 e. The monoisotopic (exact) mass is 421 g/mol. The van der Waals surface area contributed by atoms with Crippen molar-refractivity contribution in [2.24, 2.45) is 11.8 Å². The maximum Gasteiger partial charge on any atom is 0.327 e. The summed E-state index contributed by atoms with van der Waals surface area (Å²) in [4.78, 5) is 24.3. The van der Waals surface area contributed by atoms with Crippen molar-refractivity contribution in [1.82, 2.24) is 4.90 Å². The molecule has 4 atom stereocenters. The van der Waals surface area contributed by atoms with Crippen LogP contribution in [0, 0.1) is 23.7 Å². The summed E-state index contributed by atoms with van der Waals surface area (Å²) in [6.07, 6.45) is 8.47. The Morgan fingerprint density at radius 1 is 1.43 bits per heavy atom. The lowest BCUT2D eigenvalue weighted by Gasteiger charge is -2.23. The van der Waals surface area contributed by atoms with Crippen LogP contribution in [-0.4, -0.2) is 51.6 Å². The van der Waals surface area contributed by atoms with Gasteiger partial charge in [0.05, 0.1) is 18.1 Å². The molecule has 2 N–H and O–H groups in total. The van der Waals surface area contributed by atoms with Crippen LogP contribution in [0.4, 0.5) is 8.78 Å². The Kier molecular flexibility index (Phi) is 8.36. The van der Waals surface area contributed by atoms with Gasteiger partial charge in [0.2, 0.25) is 0 Å². The van der Waals surface area contributed by atoms with E-state index in [2.05, 4.69) is 11.8 Å². The van der Waals surface area contributed by atoms with Crippen LogP contribution in [0.5, 0.6) is 0 Å². The third kappa shape index (κ3) is 6.27. The molecule has 1 amide bonds. The molecular weight excluding hydrogens is 392 g/mol.